The van der Waals surface area contributed by atoms with Gasteiger partial charge in [0.15, 0.2) is 0 Å². The minimum absolute atomic E-state index is 0.0541. The number of nitrogens with zero attached hydrogens (tertiary/aromatic N) is 4. The Morgan fingerprint density at radius 1 is 1.28 bits per heavy atom. The first-order valence-corrected chi connectivity index (χ1v) is 9.81. The summed E-state index contributed by atoms with van der Waals surface area (Å²) in [6.07, 6.45) is 4.75. The molecule has 25 heavy (non-hydrogen) atoms. The second kappa shape index (κ2) is 7.99. The zero-order valence-electron chi connectivity index (χ0n) is 15.0. The molecule has 0 radical (unpaired) electrons. The summed E-state index contributed by atoms with van der Waals surface area (Å²) < 4.78 is 1.69. The van der Waals surface area contributed by atoms with E-state index < -0.39 is 0 Å². The quantitative estimate of drug-likeness (QED) is 0.831. The van der Waals surface area contributed by atoms with Gasteiger partial charge in [-0.1, -0.05) is 37.6 Å². The van der Waals surface area contributed by atoms with Crippen LogP contribution in [0.4, 0.5) is 0 Å². The van der Waals surface area contributed by atoms with Crippen molar-refractivity contribution in [2.24, 2.45) is 5.92 Å². The minimum atomic E-state index is 0.0541. The van der Waals surface area contributed by atoms with Crippen LogP contribution >= 0.6 is 11.8 Å². The molecule has 0 saturated heterocycles. The van der Waals surface area contributed by atoms with Crippen molar-refractivity contribution in [3.63, 3.8) is 0 Å². The lowest BCUT2D eigenvalue weighted by molar-refractivity contribution is -0.119. The van der Waals surface area contributed by atoms with Crippen molar-refractivity contribution >= 4 is 17.7 Å². The number of hydrogen-bond acceptors (Lipinski definition) is 5. The van der Waals surface area contributed by atoms with Gasteiger partial charge in [-0.3, -0.25) is 4.79 Å². The SMILES string of the molecule is Cc1ccc(-n2nnnc2SCC(=O)N[C@@H]2CCCC[C@H]2C)cc1C. The molecule has 1 saturated carbocycles. The highest BCUT2D eigenvalue weighted by Gasteiger charge is 2.23. The van der Waals surface area contributed by atoms with E-state index in [1.807, 2.05) is 6.07 Å². The standard InChI is InChI=1S/C18H25N5OS/c1-12-8-9-15(10-14(12)3)23-18(20-21-22-23)25-11-17(24)19-16-7-5-4-6-13(16)2/h8-10,13,16H,4-7,11H2,1-3H3,(H,19,24)/t13-,16-/m1/s1. The van der Waals surface area contributed by atoms with Gasteiger partial charge in [0, 0.05) is 6.04 Å². The van der Waals surface area contributed by atoms with Crippen LogP contribution in [0.25, 0.3) is 5.69 Å². The number of aromatic nitrogens is 4. The maximum absolute atomic E-state index is 12.3. The van der Waals surface area contributed by atoms with Crippen LogP contribution in [-0.4, -0.2) is 37.9 Å². The van der Waals surface area contributed by atoms with E-state index in [-0.39, 0.29) is 5.91 Å². The highest BCUT2D eigenvalue weighted by atomic mass is 32.2. The summed E-state index contributed by atoms with van der Waals surface area (Å²) in [6, 6.07) is 6.40. The highest BCUT2D eigenvalue weighted by Crippen LogP contribution is 2.24. The van der Waals surface area contributed by atoms with E-state index in [2.05, 4.69) is 53.7 Å². The smallest absolute Gasteiger partial charge is 0.230 e. The molecule has 3 rings (SSSR count). The lowest BCUT2D eigenvalue weighted by Crippen LogP contribution is -2.41. The Morgan fingerprint density at radius 2 is 2.08 bits per heavy atom. The van der Waals surface area contributed by atoms with Crippen LogP contribution in [-0.2, 0) is 4.79 Å². The van der Waals surface area contributed by atoms with Crippen LogP contribution in [0.2, 0.25) is 0 Å². The van der Waals surface area contributed by atoms with Crippen molar-refractivity contribution in [1.29, 1.82) is 0 Å². The van der Waals surface area contributed by atoms with E-state index in [1.54, 1.807) is 4.68 Å². The van der Waals surface area contributed by atoms with E-state index in [1.165, 1.54) is 42.2 Å². The zero-order chi connectivity index (χ0) is 17.8. The minimum Gasteiger partial charge on any atom is -0.352 e. The van der Waals surface area contributed by atoms with E-state index in [4.69, 9.17) is 0 Å². The topological polar surface area (TPSA) is 72.7 Å². The molecule has 0 bridgehead atoms. The summed E-state index contributed by atoms with van der Waals surface area (Å²) >= 11 is 1.37. The molecular weight excluding hydrogens is 334 g/mol. The van der Waals surface area contributed by atoms with Gasteiger partial charge in [-0.25, -0.2) is 0 Å². The van der Waals surface area contributed by atoms with Gasteiger partial charge < -0.3 is 5.32 Å². The average molecular weight is 359 g/mol. The average Bonchev–Trinajstić information content (AvgIpc) is 3.06. The van der Waals surface area contributed by atoms with Gasteiger partial charge in [0.1, 0.15) is 0 Å². The maximum atomic E-state index is 12.3. The molecule has 1 aromatic carbocycles. The predicted octanol–water partition coefficient (Wildman–Crippen LogP) is 3.07. The van der Waals surface area contributed by atoms with Crippen LogP contribution in [0.1, 0.15) is 43.7 Å². The van der Waals surface area contributed by atoms with Crippen LogP contribution in [0.15, 0.2) is 23.4 Å². The third-order valence-corrected chi connectivity index (χ3v) is 5.89. The first kappa shape index (κ1) is 17.9. The zero-order valence-corrected chi connectivity index (χ0v) is 15.8. The van der Waals surface area contributed by atoms with Crippen molar-refractivity contribution in [1.82, 2.24) is 25.5 Å². The second-order valence-electron chi connectivity index (χ2n) is 6.87. The molecule has 7 heteroatoms. The Kier molecular flexibility index (Phi) is 5.73. The largest absolute Gasteiger partial charge is 0.352 e. The third kappa shape index (κ3) is 4.39. The molecule has 0 unspecified atom stereocenters. The predicted molar refractivity (Wildman–Crippen MR) is 98.9 cm³/mol. The van der Waals surface area contributed by atoms with Crippen LogP contribution < -0.4 is 5.32 Å². The van der Waals surface area contributed by atoms with Gasteiger partial charge in [-0.05, 0) is 66.3 Å². The fourth-order valence-corrected chi connectivity index (χ4v) is 3.90. The Labute approximate surface area is 152 Å². The number of hydrogen-bond donors (Lipinski definition) is 1. The molecular formula is C18H25N5OS. The Balaban J connectivity index is 1.61. The lowest BCUT2D eigenvalue weighted by atomic mass is 9.86. The van der Waals surface area contributed by atoms with Crippen molar-refractivity contribution in [3.8, 4) is 5.69 Å². The van der Waals surface area contributed by atoms with Gasteiger partial charge in [-0.2, -0.15) is 4.68 Å². The molecule has 2 atom stereocenters. The summed E-state index contributed by atoms with van der Waals surface area (Å²) in [6.45, 7) is 6.36. The van der Waals surface area contributed by atoms with E-state index in [0.717, 1.165) is 12.1 Å². The summed E-state index contributed by atoms with van der Waals surface area (Å²) in [5.41, 5.74) is 3.33. The number of tetrazole rings is 1. The van der Waals surface area contributed by atoms with Crippen molar-refractivity contribution in [2.45, 2.75) is 57.7 Å². The van der Waals surface area contributed by atoms with E-state index >= 15 is 0 Å². The maximum Gasteiger partial charge on any atom is 0.230 e. The van der Waals surface area contributed by atoms with Crippen molar-refractivity contribution < 1.29 is 4.79 Å². The number of carbonyl (C=O) groups is 1. The first-order chi connectivity index (χ1) is 12.0. The first-order valence-electron chi connectivity index (χ1n) is 8.83. The molecule has 1 fully saturated rings. The number of carbonyl (C=O) groups excluding carboxylic acids is 1. The van der Waals surface area contributed by atoms with E-state index in [9.17, 15) is 4.79 Å². The third-order valence-electron chi connectivity index (χ3n) is 4.97. The Hall–Kier alpha value is -1.89. The number of rotatable bonds is 5. The highest BCUT2D eigenvalue weighted by molar-refractivity contribution is 7.99. The molecule has 1 N–H and O–H groups in total. The molecule has 2 aromatic rings. The number of aryl methyl sites for hydroxylation is 2. The van der Waals surface area contributed by atoms with Crippen LogP contribution in [0.5, 0.6) is 0 Å². The molecule has 1 amide bonds. The molecule has 1 aliphatic carbocycles. The molecule has 1 aromatic heterocycles. The van der Waals surface area contributed by atoms with Gasteiger partial charge >= 0.3 is 0 Å². The summed E-state index contributed by atoms with van der Waals surface area (Å²) in [7, 11) is 0. The van der Waals surface area contributed by atoms with Gasteiger partial charge in [0.2, 0.25) is 11.1 Å². The van der Waals surface area contributed by atoms with E-state index in [0.29, 0.717) is 22.9 Å². The van der Waals surface area contributed by atoms with Gasteiger partial charge in [-0.15, -0.1) is 5.10 Å². The van der Waals surface area contributed by atoms with Crippen molar-refractivity contribution in [2.75, 3.05) is 5.75 Å². The lowest BCUT2D eigenvalue weighted by Gasteiger charge is -2.29. The second-order valence-corrected chi connectivity index (χ2v) is 7.81. The molecule has 1 heterocycles. The van der Waals surface area contributed by atoms with Crippen LogP contribution in [0, 0.1) is 19.8 Å². The summed E-state index contributed by atoms with van der Waals surface area (Å²) in [5.74, 6) is 0.941. The molecule has 0 spiro atoms. The fourth-order valence-electron chi connectivity index (χ4n) is 3.20. The molecule has 0 aliphatic heterocycles. The Morgan fingerprint density at radius 3 is 2.84 bits per heavy atom. The Bertz CT molecular complexity index is 745. The number of thioether (sulfide) groups is 1. The number of amides is 1. The van der Waals surface area contributed by atoms with Crippen LogP contribution in [0.3, 0.4) is 0 Å². The number of nitrogens with one attached hydrogen (secondary N) is 1. The number of benzene rings is 1. The summed E-state index contributed by atoms with van der Waals surface area (Å²) in [5, 5.41) is 15.7. The monoisotopic (exact) mass is 359 g/mol. The van der Waals surface area contributed by atoms with Crippen molar-refractivity contribution in [3.05, 3.63) is 29.3 Å². The molecule has 1 aliphatic rings. The normalized spacial score (nSPS) is 20.4. The molecule has 134 valence electrons. The summed E-state index contributed by atoms with van der Waals surface area (Å²) in [4.78, 5) is 12.3. The fraction of sp³-hybridized carbons (Fsp3) is 0.556. The molecule has 6 nitrogen and oxygen atoms in total. The van der Waals surface area contributed by atoms with Gasteiger partial charge in [0.05, 0.1) is 11.4 Å². The van der Waals surface area contributed by atoms with Gasteiger partial charge in [0.25, 0.3) is 0 Å².